The molecule has 1 atom stereocenters. The minimum absolute atomic E-state index is 0.131. The predicted molar refractivity (Wildman–Crippen MR) is 132 cm³/mol. The van der Waals surface area contributed by atoms with Crippen molar-refractivity contribution in [3.63, 3.8) is 0 Å². The molecule has 0 spiro atoms. The van der Waals surface area contributed by atoms with E-state index >= 15 is 0 Å². The van der Waals surface area contributed by atoms with Crippen molar-refractivity contribution < 1.29 is 28.6 Å². The highest BCUT2D eigenvalue weighted by atomic mass is 16.5. The summed E-state index contributed by atoms with van der Waals surface area (Å²) in [5, 5.41) is 12.9. The van der Waals surface area contributed by atoms with Gasteiger partial charge in [-0.1, -0.05) is 32.0 Å². The van der Waals surface area contributed by atoms with E-state index in [0.717, 1.165) is 33.4 Å². The fourth-order valence-corrected chi connectivity index (χ4v) is 4.13. The van der Waals surface area contributed by atoms with E-state index in [-0.39, 0.29) is 5.92 Å². The molecule has 1 unspecified atom stereocenters. The number of aryl methyl sites for hydroxylation is 1. The number of hydrogen-bond acceptors (Lipinski definition) is 5. The normalized spacial score (nSPS) is 12.6. The minimum Gasteiger partial charge on any atom is -0.496 e. The van der Waals surface area contributed by atoms with Crippen molar-refractivity contribution in [1.29, 1.82) is 0 Å². The van der Waals surface area contributed by atoms with Crippen molar-refractivity contribution in [3.05, 3.63) is 53.8 Å². The third kappa shape index (κ3) is 5.09. The maximum atomic E-state index is 12.7. The van der Waals surface area contributed by atoms with Gasteiger partial charge in [0.15, 0.2) is 0 Å². The van der Waals surface area contributed by atoms with E-state index in [4.69, 9.17) is 13.9 Å². The number of allylic oxidation sites excluding steroid dienone is 1. The first-order valence-electron chi connectivity index (χ1n) is 11.1. The monoisotopic (exact) mass is 465 g/mol. The third-order valence-corrected chi connectivity index (χ3v) is 5.74. The summed E-state index contributed by atoms with van der Waals surface area (Å²) in [6.07, 6.45) is 3.44. The molecule has 1 heterocycles. The van der Waals surface area contributed by atoms with Crippen molar-refractivity contribution in [2.24, 2.45) is 5.92 Å². The molecule has 1 aromatic heterocycles. The van der Waals surface area contributed by atoms with Gasteiger partial charge in [-0.25, -0.2) is 4.79 Å². The number of ether oxygens (including phenoxy) is 2. The number of carbonyl (C=O) groups excluding carboxylic acids is 1. The summed E-state index contributed by atoms with van der Waals surface area (Å²) < 4.78 is 17.1. The molecule has 0 aliphatic heterocycles. The molecule has 0 bridgehead atoms. The van der Waals surface area contributed by atoms with Gasteiger partial charge in [-0.15, -0.1) is 0 Å². The molecule has 7 heteroatoms. The van der Waals surface area contributed by atoms with Crippen LogP contribution in [-0.2, 0) is 9.59 Å². The summed E-state index contributed by atoms with van der Waals surface area (Å²) in [6.45, 7) is 7.52. The molecular weight excluding hydrogens is 434 g/mol. The number of fused-ring (bicyclic) bond motifs is 1. The van der Waals surface area contributed by atoms with Gasteiger partial charge in [0.2, 0.25) is 5.91 Å². The van der Waals surface area contributed by atoms with Crippen LogP contribution in [0.25, 0.3) is 27.7 Å². The standard InChI is InChI=1S/C27H31NO6/c1-15(2)11-22(27(30)31)28-24(29)12-16(3)19-13-20-21(18-9-7-8-10-23(18)32-5)14-34-26(20)17(4)25(19)33-6/h7-10,12-15,22H,11H2,1-6H3,(H,28,29)(H,30,31)/b16-12+. The van der Waals surface area contributed by atoms with E-state index in [1.54, 1.807) is 27.4 Å². The first-order valence-corrected chi connectivity index (χ1v) is 11.1. The Labute approximate surface area is 199 Å². The van der Waals surface area contributed by atoms with Crippen LogP contribution in [0.1, 0.15) is 38.3 Å². The quantitative estimate of drug-likeness (QED) is 0.408. The lowest BCUT2D eigenvalue weighted by molar-refractivity contribution is -0.141. The van der Waals surface area contributed by atoms with Crippen molar-refractivity contribution in [2.75, 3.05) is 14.2 Å². The third-order valence-electron chi connectivity index (χ3n) is 5.74. The Morgan fingerprint density at radius 3 is 2.47 bits per heavy atom. The zero-order valence-electron chi connectivity index (χ0n) is 20.4. The molecule has 3 rings (SSSR count). The van der Waals surface area contributed by atoms with Crippen LogP contribution in [0.2, 0.25) is 0 Å². The van der Waals surface area contributed by atoms with Gasteiger partial charge in [-0.3, -0.25) is 4.79 Å². The first-order chi connectivity index (χ1) is 16.2. The van der Waals surface area contributed by atoms with Crippen LogP contribution in [0.4, 0.5) is 0 Å². The number of rotatable bonds is 9. The van der Waals surface area contributed by atoms with E-state index < -0.39 is 17.9 Å². The van der Waals surface area contributed by atoms with Crippen molar-refractivity contribution >= 4 is 28.4 Å². The van der Waals surface area contributed by atoms with E-state index in [1.807, 2.05) is 51.1 Å². The highest BCUT2D eigenvalue weighted by Crippen LogP contribution is 2.42. The summed E-state index contributed by atoms with van der Waals surface area (Å²) in [5.74, 6) is -0.0833. The molecule has 7 nitrogen and oxygen atoms in total. The van der Waals surface area contributed by atoms with Crippen LogP contribution in [0.15, 0.2) is 47.1 Å². The lowest BCUT2D eigenvalue weighted by Crippen LogP contribution is -2.40. The molecule has 0 saturated carbocycles. The Morgan fingerprint density at radius 2 is 1.85 bits per heavy atom. The van der Waals surface area contributed by atoms with E-state index in [2.05, 4.69) is 5.32 Å². The summed E-state index contributed by atoms with van der Waals surface area (Å²) in [5.41, 5.74) is 4.58. The molecule has 0 fully saturated rings. The van der Waals surface area contributed by atoms with Crippen LogP contribution in [0, 0.1) is 12.8 Å². The Morgan fingerprint density at radius 1 is 1.15 bits per heavy atom. The summed E-state index contributed by atoms with van der Waals surface area (Å²) >= 11 is 0. The molecule has 1 amide bonds. The summed E-state index contributed by atoms with van der Waals surface area (Å²) in [7, 11) is 3.19. The molecule has 0 aliphatic carbocycles. The number of methoxy groups -OCH3 is 2. The maximum absolute atomic E-state index is 12.7. The topological polar surface area (TPSA) is 98.0 Å². The van der Waals surface area contributed by atoms with E-state index in [9.17, 15) is 14.7 Å². The highest BCUT2D eigenvalue weighted by Gasteiger charge is 2.22. The smallest absolute Gasteiger partial charge is 0.326 e. The Hall–Kier alpha value is -3.74. The van der Waals surface area contributed by atoms with Gasteiger partial charge >= 0.3 is 5.97 Å². The number of nitrogens with one attached hydrogen (secondary N) is 1. The van der Waals surface area contributed by atoms with Crippen LogP contribution >= 0.6 is 0 Å². The molecule has 2 N–H and O–H groups in total. The van der Waals surface area contributed by atoms with Gasteiger partial charge in [-0.05, 0) is 43.9 Å². The number of aliphatic carboxylic acids is 1. The van der Waals surface area contributed by atoms with Crippen LogP contribution < -0.4 is 14.8 Å². The molecule has 3 aromatic rings. The largest absolute Gasteiger partial charge is 0.496 e. The average molecular weight is 466 g/mol. The van der Waals surface area contributed by atoms with Crippen LogP contribution in [0.5, 0.6) is 11.5 Å². The van der Waals surface area contributed by atoms with Crippen molar-refractivity contribution in [1.82, 2.24) is 5.32 Å². The second-order valence-electron chi connectivity index (χ2n) is 8.67. The molecule has 34 heavy (non-hydrogen) atoms. The molecule has 0 aliphatic rings. The van der Waals surface area contributed by atoms with E-state index in [1.165, 1.54) is 6.08 Å². The van der Waals surface area contributed by atoms with Gasteiger partial charge in [0.05, 0.1) is 20.5 Å². The fraction of sp³-hybridized carbons (Fsp3) is 0.333. The number of carboxylic acids is 1. The number of carboxylic acid groups (broad SMARTS) is 1. The fourth-order valence-electron chi connectivity index (χ4n) is 4.13. The Bertz CT molecular complexity index is 1240. The number of para-hydroxylation sites is 1. The zero-order valence-corrected chi connectivity index (χ0v) is 20.4. The van der Waals surface area contributed by atoms with Gasteiger partial charge in [0, 0.05) is 33.7 Å². The van der Waals surface area contributed by atoms with Gasteiger partial charge in [-0.2, -0.15) is 0 Å². The predicted octanol–water partition coefficient (Wildman–Crippen LogP) is 5.44. The molecular formula is C27H31NO6. The first kappa shape index (κ1) is 24.9. The lowest BCUT2D eigenvalue weighted by atomic mass is 9.96. The second-order valence-corrected chi connectivity index (χ2v) is 8.67. The number of benzene rings is 2. The van der Waals surface area contributed by atoms with Crippen LogP contribution in [0.3, 0.4) is 0 Å². The number of hydrogen-bond donors (Lipinski definition) is 2. The summed E-state index contributed by atoms with van der Waals surface area (Å²) in [6, 6.07) is 8.65. The van der Waals surface area contributed by atoms with Gasteiger partial charge in [0.25, 0.3) is 0 Å². The van der Waals surface area contributed by atoms with Crippen molar-refractivity contribution in [3.8, 4) is 22.6 Å². The lowest BCUT2D eigenvalue weighted by Gasteiger charge is -2.16. The minimum atomic E-state index is -1.05. The Balaban J connectivity index is 2.07. The molecule has 0 radical (unpaired) electrons. The Kier molecular flexibility index (Phi) is 7.66. The molecule has 2 aromatic carbocycles. The molecule has 180 valence electrons. The highest BCUT2D eigenvalue weighted by molar-refractivity contribution is 6.02. The number of furan rings is 1. The average Bonchev–Trinajstić information content (AvgIpc) is 3.22. The summed E-state index contributed by atoms with van der Waals surface area (Å²) in [4.78, 5) is 24.2. The second kappa shape index (κ2) is 10.5. The molecule has 0 saturated heterocycles. The van der Waals surface area contributed by atoms with E-state index in [0.29, 0.717) is 23.3 Å². The van der Waals surface area contributed by atoms with Crippen LogP contribution in [-0.4, -0.2) is 37.2 Å². The maximum Gasteiger partial charge on any atom is 0.326 e. The number of carbonyl (C=O) groups is 2. The SMILES string of the molecule is COc1ccccc1-c1coc2c(C)c(OC)c(/C(C)=C/C(=O)NC(CC(C)C)C(=O)O)cc12. The van der Waals surface area contributed by atoms with Gasteiger partial charge < -0.3 is 24.3 Å². The number of amides is 1. The van der Waals surface area contributed by atoms with Gasteiger partial charge in [0.1, 0.15) is 23.1 Å². The zero-order chi connectivity index (χ0) is 25.0. The van der Waals surface area contributed by atoms with Crippen molar-refractivity contribution in [2.45, 2.75) is 40.2 Å².